The number of hydrogen-bond donors (Lipinski definition) is 2. The molecule has 0 bridgehead atoms. The Morgan fingerprint density at radius 2 is 2.21 bits per heavy atom. The summed E-state index contributed by atoms with van der Waals surface area (Å²) in [5, 5.41) is 5.30. The summed E-state index contributed by atoms with van der Waals surface area (Å²) in [7, 11) is 1.56. The van der Waals surface area contributed by atoms with Crippen LogP contribution in [0.15, 0.2) is 18.2 Å². The van der Waals surface area contributed by atoms with Gasteiger partial charge in [0, 0.05) is 13.2 Å². The number of hydrogen-bond acceptors (Lipinski definition) is 3. The van der Waals surface area contributed by atoms with Crippen LogP contribution in [0.4, 0.5) is 14.9 Å². The molecule has 0 saturated carbocycles. The van der Waals surface area contributed by atoms with Gasteiger partial charge in [0.25, 0.3) is 0 Å². The Labute approximate surface area is 112 Å². The third kappa shape index (κ3) is 5.13. The summed E-state index contributed by atoms with van der Waals surface area (Å²) >= 11 is 0. The molecule has 1 atom stereocenters. The quantitative estimate of drug-likeness (QED) is 0.834. The lowest BCUT2D eigenvalue weighted by molar-refractivity contribution is 0.173. The van der Waals surface area contributed by atoms with Crippen LogP contribution >= 0.6 is 0 Å². The summed E-state index contributed by atoms with van der Waals surface area (Å²) in [6.07, 6.45) is 0. The van der Waals surface area contributed by atoms with Crippen LogP contribution < -0.4 is 15.4 Å². The van der Waals surface area contributed by atoms with Crippen molar-refractivity contribution in [1.29, 1.82) is 0 Å². The van der Waals surface area contributed by atoms with E-state index in [9.17, 15) is 9.18 Å². The van der Waals surface area contributed by atoms with E-state index in [1.807, 2.05) is 6.92 Å². The molecule has 0 aliphatic rings. The van der Waals surface area contributed by atoms with E-state index in [2.05, 4.69) is 10.6 Å². The molecule has 2 N–H and O–H groups in total. The van der Waals surface area contributed by atoms with Crippen LogP contribution in [0.2, 0.25) is 0 Å². The first-order valence-electron chi connectivity index (χ1n) is 6.05. The van der Waals surface area contributed by atoms with E-state index in [0.29, 0.717) is 24.7 Å². The number of rotatable bonds is 6. The molecule has 2 amide bonds. The molecule has 0 radical (unpaired) electrons. The van der Waals surface area contributed by atoms with Gasteiger partial charge in [-0.15, -0.1) is 0 Å². The number of ether oxygens (including phenoxy) is 2. The van der Waals surface area contributed by atoms with Gasteiger partial charge in [-0.1, -0.05) is 0 Å². The van der Waals surface area contributed by atoms with Crippen LogP contribution in [0.25, 0.3) is 0 Å². The van der Waals surface area contributed by atoms with Crippen molar-refractivity contribution in [3.63, 3.8) is 0 Å². The van der Waals surface area contributed by atoms with E-state index in [0.717, 1.165) is 0 Å². The summed E-state index contributed by atoms with van der Waals surface area (Å²) in [6, 6.07) is 3.44. The highest BCUT2D eigenvalue weighted by Crippen LogP contribution is 2.25. The predicted molar refractivity (Wildman–Crippen MR) is 71.1 cm³/mol. The van der Waals surface area contributed by atoms with Crippen molar-refractivity contribution in [3.05, 3.63) is 24.0 Å². The van der Waals surface area contributed by atoms with Gasteiger partial charge >= 0.3 is 6.03 Å². The molecule has 0 heterocycles. The summed E-state index contributed by atoms with van der Waals surface area (Å²) in [5.74, 6) is -0.112. The summed E-state index contributed by atoms with van der Waals surface area (Å²) in [6.45, 7) is 4.40. The highest BCUT2D eigenvalue weighted by Gasteiger charge is 2.11. The van der Waals surface area contributed by atoms with Crippen LogP contribution in [-0.4, -0.2) is 32.4 Å². The van der Waals surface area contributed by atoms with Gasteiger partial charge in [-0.25, -0.2) is 9.18 Å². The lowest BCUT2D eigenvalue weighted by atomic mass is 10.3. The molecule has 1 aromatic rings. The van der Waals surface area contributed by atoms with Crippen LogP contribution in [-0.2, 0) is 4.74 Å². The molecule has 5 nitrogen and oxygen atoms in total. The second kappa shape index (κ2) is 7.58. The van der Waals surface area contributed by atoms with Gasteiger partial charge in [-0.05, 0) is 26.0 Å². The summed E-state index contributed by atoms with van der Waals surface area (Å²) in [4.78, 5) is 11.7. The van der Waals surface area contributed by atoms with E-state index in [4.69, 9.17) is 9.47 Å². The fourth-order valence-electron chi connectivity index (χ4n) is 1.55. The van der Waals surface area contributed by atoms with E-state index < -0.39 is 11.8 Å². The fourth-order valence-corrected chi connectivity index (χ4v) is 1.55. The predicted octanol–water partition coefficient (Wildman–Crippen LogP) is 2.38. The molecule has 0 aliphatic carbocycles. The number of carbonyl (C=O) groups excluding carboxylic acids is 1. The Hall–Kier alpha value is -1.82. The third-order valence-electron chi connectivity index (χ3n) is 2.29. The Bertz CT molecular complexity index is 426. The largest absolute Gasteiger partial charge is 0.492 e. The maximum atomic E-state index is 13.1. The van der Waals surface area contributed by atoms with E-state index in [1.54, 1.807) is 14.0 Å². The topological polar surface area (TPSA) is 59.6 Å². The molecule has 0 aromatic heterocycles. The minimum absolute atomic E-state index is 0.124. The summed E-state index contributed by atoms with van der Waals surface area (Å²) in [5.41, 5.74) is 0.422. The maximum Gasteiger partial charge on any atom is 0.319 e. The number of halogens is 1. The number of benzene rings is 1. The van der Waals surface area contributed by atoms with E-state index >= 15 is 0 Å². The normalized spacial score (nSPS) is 11.8. The van der Waals surface area contributed by atoms with Gasteiger partial charge in [0.05, 0.1) is 24.9 Å². The molecule has 6 heteroatoms. The average molecular weight is 270 g/mol. The third-order valence-corrected chi connectivity index (χ3v) is 2.29. The second-order valence-electron chi connectivity index (χ2n) is 4.03. The lowest BCUT2D eigenvalue weighted by Gasteiger charge is -2.15. The minimum Gasteiger partial charge on any atom is -0.492 e. The number of methoxy groups -OCH3 is 1. The van der Waals surface area contributed by atoms with Crippen molar-refractivity contribution < 1.29 is 18.7 Å². The average Bonchev–Trinajstić information content (AvgIpc) is 2.33. The monoisotopic (exact) mass is 270 g/mol. The molecule has 0 spiro atoms. The van der Waals surface area contributed by atoms with Crippen LogP contribution in [0.5, 0.6) is 5.75 Å². The zero-order chi connectivity index (χ0) is 14.3. The number of amides is 2. The van der Waals surface area contributed by atoms with Crippen molar-refractivity contribution in [3.8, 4) is 5.75 Å². The van der Waals surface area contributed by atoms with Crippen molar-refractivity contribution in [2.75, 3.05) is 25.6 Å². The molecular weight excluding hydrogens is 251 g/mol. The Morgan fingerprint density at radius 3 is 2.84 bits per heavy atom. The first kappa shape index (κ1) is 15.2. The molecule has 0 aliphatic heterocycles. The van der Waals surface area contributed by atoms with Gasteiger partial charge < -0.3 is 20.1 Å². The molecule has 19 heavy (non-hydrogen) atoms. The van der Waals surface area contributed by atoms with Crippen molar-refractivity contribution in [2.45, 2.75) is 19.9 Å². The number of urea groups is 1. The van der Waals surface area contributed by atoms with E-state index in [-0.39, 0.29) is 6.04 Å². The van der Waals surface area contributed by atoms with Gasteiger partial charge in [0.2, 0.25) is 0 Å². The lowest BCUT2D eigenvalue weighted by Crippen LogP contribution is -2.38. The molecule has 0 saturated heterocycles. The van der Waals surface area contributed by atoms with Crippen molar-refractivity contribution in [2.24, 2.45) is 0 Å². The first-order valence-corrected chi connectivity index (χ1v) is 6.05. The fraction of sp³-hybridized carbons (Fsp3) is 0.462. The van der Waals surface area contributed by atoms with Crippen LogP contribution in [0.3, 0.4) is 0 Å². The van der Waals surface area contributed by atoms with Crippen LogP contribution in [0.1, 0.15) is 13.8 Å². The van der Waals surface area contributed by atoms with Gasteiger partial charge in [0.15, 0.2) is 0 Å². The minimum atomic E-state index is -0.415. The molecule has 106 valence electrons. The highest BCUT2D eigenvalue weighted by molar-refractivity contribution is 5.91. The maximum absolute atomic E-state index is 13.1. The van der Waals surface area contributed by atoms with E-state index in [1.165, 1.54) is 18.2 Å². The molecule has 1 unspecified atom stereocenters. The Morgan fingerprint density at radius 1 is 1.47 bits per heavy atom. The molecule has 1 rings (SSSR count). The SMILES string of the molecule is CCOc1cc(F)ccc1NC(=O)NC(C)COC. The smallest absolute Gasteiger partial charge is 0.319 e. The zero-order valence-corrected chi connectivity index (χ0v) is 11.3. The van der Waals surface area contributed by atoms with Gasteiger partial charge in [0.1, 0.15) is 11.6 Å². The zero-order valence-electron chi connectivity index (χ0n) is 11.3. The number of carbonyl (C=O) groups is 1. The van der Waals surface area contributed by atoms with Crippen LogP contribution in [0, 0.1) is 5.82 Å². The molecular formula is C13H19FN2O3. The standard InChI is InChI=1S/C13H19FN2O3/c1-4-19-12-7-10(14)5-6-11(12)16-13(17)15-9(2)8-18-3/h5-7,9H,4,8H2,1-3H3,(H2,15,16,17). The summed E-state index contributed by atoms with van der Waals surface area (Å²) < 4.78 is 23.3. The Kier molecular flexibility index (Phi) is 6.08. The highest BCUT2D eigenvalue weighted by atomic mass is 19.1. The number of anilines is 1. The van der Waals surface area contributed by atoms with Crippen molar-refractivity contribution >= 4 is 11.7 Å². The molecule has 1 aromatic carbocycles. The van der Waals surface area contributed by atoms with Gasteiger partial charge in [-0.3, -0.25) is 0 Å². The second-order valence-corrected chi connectivity index (χ2v) is 4.03. The van der Waals surface area contributed by atoms with Gasteiger partial charge in [-0.2, -0.15) is 0 Å². The first-order chi connectivity index (χ1) is 9.06. The Balaban J connectivity index is 2.67. The molecule has 0 fully saturated rings. The van der Waals surface area contributed by atoms with Crippen molar-refractivity contribution in [1.82, 2.24) is 5.32 Å². The number of nitrogens with one attached hydrogen (secondary N) is 2.